The van der Waals surface area contributed by atoms with Crippen LogP contribution in [0.1, 0.15) is 0 Å². The van der Waals surface area contributed by atoms with Gasteiger partial charge in [0, 0.05) is 0 Å². The van der Waals surface area contributed by atoms with E-state index in [2.05, 4.69) is 4.74 Å². The van der Waals surface area contributed by atoms with Crippen LogP contribution in [0.3, 0.4) is 0 Å². The third-order valence-electron chi connectivity index (χ3n) is 2.07. The topological polar surface area (TPSA) is 127 Å². The van der Waals surface area contributed by atoms with E-state index in [1.54, 1.807) is 0 Å². The van der Waals surface area contributed by atoms with Crippen molar-refractivity contribution >= 4 is 5.97 Å². The van der Waals surface area contributed by atoms with E-state index in [0.29, 0.717) is 0 Å². The van der Waals surface area contributed by atoms with E-state index >= 15 is 0 Å². The number of hydrogen-bond acceptors (Lipinski definition) is 7. The van der Waals surface area contributed by atoms with Gasteiger partial charge in [0.1, 0.15) is 18.3 Å². The molecule has 1 aliphatic heterocycles. The molecule has 0 radical (unpaired) electrons. The zero-order chi connectivity index (χ0) is 10.9. The molecule has 1 aliphatic rings. The summed E-state index contributed by atoms with van der Waals surface area (Å²) in [7, 11) is 0. The number of carbonyl (C=O) groups is 1. The van der Waals surface area contributed by atoms with Gasteiger partial charge in [-0.1, -0.05) is 0 Å². The Morgan fingerprint density at radius 3 is 2.29 bits per heavy atom. The molecular weight excluding hydrogens is 196 g/mol. The van der Waals surface area contributed by atoms with Crippen LogP contribution in [-0.2, 0) is 9.53 Å². The summed E-state index contributed by atoms with van der Waals surface area (Å²) >= 11 is 0. The molecule has 7 heteroatoms. The van der Waals surface area contributed by atoms with Gasteiger partial charge in [0.25, 0.3) is 0 Å². The summed E-state index contributed by atoms with van der Waals surface area (Å²) < 4.78 is 4.41. The first kappa shape index (κ1) is 11.3. The highest BCUT2D eigenvalue weighted by Gasteiger charge is 2.47. The number of aliphatic hydroxyl groups excluding tert-OH is 5. The Balaban J connectivity index is 2.66. The van der Waals surface area contributed by atoms with Gasteiger partial charge in [-0.2, -0.15) is 0 Å². The largest absolute Gasteiger partial charge is 0.455 e. The summed E-state index contributed by atoms with van der Waals surface area (Å²) in [6, 6.07) is 0. The monoisotopic (exact) mass is 208 g/mol. The lowest BCUT2D eigenvalue weighted by Gasteiger charge is -2.23. The van der Waals surface area contributed by atoms with Crippen molar-refractivity contribution in [1.82, 2.24) is 0 Å². The first-order valence-electron chi connectivity index (χ1n) is 4.02. The number of rotatable bonds is 3. The van der Waals surface area contributed by atoms with Crippen LogP contribution in [-0.4, -0.2) is 68.6 Å². The van der Waals surface area contributed by atoms with E-state index in [0.717, 1.165) is 0 Å². The van der Waals surface area contributed by atoms with E-state index in [1.165, 1.54) is 0 Å². The Morgan fingerprint density at radius 2 is 1.93 bits per heavy atom. The van der Waals surface area contributed by atoms with E-state index < -0.39 is 43.1 Å². The summed E-state index contributed by atoms with van der Waals surface area (Å²) in [5, 5.41) is 44.9. The molecule has 1 rings (SSSR count). The maximum Gasteiger partial charge on any atom is 0.338 e. The maximum atomic E-state index is 10.7. The van der Waals surface area contributed by atoms with E-state index in [-0.39, 0.29) is 0 Å². The Hall–Kier alpha value is -0.730. The quantitative estimate of drug-likeness (QED) is 0.302. The average molecular weight is 208 g/mol. The van der Waals surface area contributed by atoms with E-state index in [4.69, 9.17) is 15.3 Å². The minimum absolute atomic E-state index is 0.738. The van der Waals surface area contributed by atoms with Crippen molar-refractivity contribution in [1.29, 1.82) is 0 Å². The van der Waals surface area contributed by atoms with Crippen molar-refractivity contribution in [3.63, 3.8) is 0 Å². The highest BCUT2D eigenvalue weighted by molar-refractivity contribution is 5.77. The van der Waals surface area contributed by atoms with Crippen molar-refractivity contribution in [2.45, 2.75) is 30.5 Å². The van der Waals surface area contributed by atoms with Gasteiger partial charge < -0.3 is 30.3 Å². The molecule has 1 saturated heterocycles. The maximum absolute atomic E-state index is 10.7. The van der Waals surface area contributed by atoms with Gasteiger partial charge in [-0.25, -0.2) is 4.79 Å². The van der Waals surface area contributed by atoms with Crippen molar-refractivity contribution in [2.75, 3.05) is 6.61 Å². The molecule has 0 unspecified atom stereocenters. The fourth-order valence-corrected chi connectivity index (χ4v) is 1.19. The third kappa shape index (κ3) is 1.86. The van der Waals surface area contributed by atoms with Crippen LogP contribution in [0.4, 0.5) is 0 Å². The average Bonchev–Trinajstić information content (AvgIpc) is 2.43. The summed E-state index contributed by atoms with van der Waals surface area (Å²) in [6.45, 7) is -0.738. The van der Waals surface area contributed by atoms with Crippen LogP contribution in [0.2, 0.25) is 0 Å². The molecule has 0 aromatic heterocycles. The summed E-state index contributed by atoms with van der Waals surface area (Å²) in [6.07, 6.45) is -7.90. The molecule has 1 heterocycles. The van der Waals surface area contributed by atoms with Crippen LogP contribution in [0.5, 0.6) is 0 Å². The van der Waals surface area contributed by atoms with Gasteiger partial charge in [-0.3, -0.25) is 0 Å². The normalized spacial score (nSPS) is 36.6. The highest BCUT2D eigenvalue weighted by atomic mass is 16.6. The van der Waals surface area contributed by atoms with Crippen molar-refractivity contribution in [3.8, 4) is 0 Å². The first-order chi connectivity index (χ1) is 6.49. The second kappa shape index (κ2) is 4.20. The molecule has 0 bridgehead atoms. The molecular formula is C7H12O7. The Labute approximate surface area is 79.2 Å². The molecule has 82 valence electrons. The van der Waals surface area contributed by atoms with Gasteiger partial charge in [-0.15, -0.1) is 0 Å². The smallest absolute Gasteiger partial charge is 0.338 e. The number of carbonyl (C=O) groups excluding carboxylic acids is 1. The molecule has 5 N–H and O–H groups in total. The summed E-state index contributed by atoms with van der Waals surface area (Å²) in [5.41, 5.74) is 0. The zero-order valence-electron chi connectivity index (χ0n) is 7.15. The van der Waals surface area contributed by atoms with Gasteiger partial charge in [0.05, 0.1) is 6.61 Å². The van der Waals surface area contributed by atoms with Crippen LogP contribution in [0.25, 0.3) is 0 Å². The molecule has 0 aromatic rings. The van der Waals surface area contributed by atoms with Crippen molar-refractivity contribution in [2.24, 2.45) is 0 Å². The Kier molecular flexibility index (Phi) is 3.40. The molecule has 7 nitrogen and oxygen atoms in total. The lowest BCUT2D eigenvalue weighted by atomic mass is 10.0. The Morgan fingerprint density at radius 1 is 1.36 bits per heavy atom. The molecule has 0 saturated carbocycles. The molecule has 0 aromatic carbocycles. The number of ether oxygens (including phenoxy) is 1. The molecule has 1 fully saturated rings. The lowest BCUT2D eigenvalue weighted by Crippen LogP contribution is -2.46. The fourth-order valence-electron chi connectivity index (χ4n) is 1.19. The number of hydrogen-bond donors (Lipinski definition) is 5. The summed E-state index contributed by atoms with van der Waals surface area (Å²) in [4.78, 5) is 10.7. The van der Waals surface area contributed by atoms with Gasteiger partial charge >= 0.3 is 5.97 Å². The van der Waals surface area contributed by atoms with Crippen molar-refractivity contribution < 1.29 is 35.1 Å². The van der Waals surface area contributed by atoms with Crippen LogP contribution in [0.15, 0.2) is 0 Å². The van der Waals surface area contributed by atoms with E-state index in [1.807, 2.05) is 0 Å². The SMILES string of the molecule is O=C1O[C@H]([C@@H](O)[C@@H](O)CO)[C@H](O)[C@@H]1O. The molecule has 5 atom stereocenters. The fraction of sp³-hybridized carbons (Fsp3) is 0.857. The minimum atomic E-state index is -1.72. The van der Waals surface area contributed by atoms with E-state index in [9.17, 15) is 15.0 Å². The molecule has 0 spiro atoms. The summed E-state index contributed by atoms with van der Waals surface area (Å²) in [5.74, 6) is -1.06. The molecule has 0 amide bonds. The highest BCUT2D eigenvalue weighted by Crippen LogP contribution is 2.20. The first-order valence-corrected chi connectivity index (χ1v) is 4.02. The van der Waals surface area contributed by atoms with Crippen LogP contribution < -0.4 is 0 Å². The second-order valence-corrected chi connectivity index (χ2v) is 3.08. The Bertz CT molecular complexity index is 218. The van der Waals surface area contributed by atoms with Crippen LogP contribution in [0, 0.1) is 0 Å². The van der Waals surface area contributed by atoms with Crippen molar-refractivity contribution in [3.05, 3.63) is 0 Å². The number of cyclic esters (lactones) is 1. The van der Waals surface area contributed by atoms with Crippen LogP contribution >= 0.6 is 0 Å². The van der Waals surface area contributed by atoms with Gasteiger partial charge in [0.15, 0.2) is 12.2 Å². The molecule has 0 aliphatic carbocycles. The number of aliphatic hydroxyl groups is 5. The van der Waals surface area contributed by atoms with Gasteiger partial charge in [0.2, 0.25) is 0 Å². The standard InChI is InChI=1S/C7H12O7/c8-1-2(9)3(10)6-4(11)5(12)7(13)14-6/h2-6,8-12H,1H2/t2-,3-,4+,5-,6+/m0/s1. The van der Waals surface area contributed by atoms with Gasteiger partial charge in [-0.05, 0) is 0 Å². The zero-order valence-corrected chi connectivity index (χ0v) is 7.15. The lowest BCUT2D eigenvalue weighted by molar-refractivity contribution is -0.155. The molecule has 14 heavy (non-hydrogen) atoms. The third-order valence-corrected chi connectivity index (χ3v) is 2.07. The number of esters is 1. The second-order valence-electron chi connectivity index (χ2n) is 3.08. The minimum Gasteiger partial charge on any atom is -0.455 e. The predicted octanol–water partition coefficient (Wildman–Crippen LogP) is -3.65. The predicted molar refractivity (Wildman–Crippen MR) is 41.0 cm³/mol.